The van der Waals surface area contributed by atoms with E-state index >= 15 is 0 Å². The number of carbonyl (C=O) groups excluding carboxylic acids is 2. The number of carbonyl (C=O) groups is 2. The van der Waals surface area contributed by atoms with E-state index < -0.39 is 35.6 Å². The summed E-state index contributed by atoms with van der Waals surface area (Å²) in [5.74, 6) is -0.690. The van der Waals surface area contributed by atoms with Gasteiger partial charge in [0.2, 0.25) is 0 Å². The number of hydrogen-bond acceptors (Lipinski definition) is 12. The van der Waals surface area contributed by atoms with Crippen LogP contribution in [-0.4, -0.2) is 81.7 Å². The molecule has 0 bridgehead atoms. The molecule has 2 aromatic carbocycles. The zero-order valence-electron chi connectivity index (χ0n) is 26.7. The monoisotopic (exact) mass is 657 g/mol. The molecule has 0 amide bonds. The van der Waals surface area contributed by atoms with E-state index in [1.165, 1.54) is 24.8 Å². The third-order valence-electron chi connectivity index (χ3n) is 8.15. The predicted molar refractivity (Wildman–Crippen MR) is 171 cm³/mol. The van der Waals surface area contributed by atoms with Gasteiger partial charge < -0.3 is 29.5 Å². The maximum absolute atomic E-state index is 12.5. The predicted octanol–water partition coefficient (Wildman–Crippen LogP) is 4.42. The standard InChI is InChI=1S/C35H47NO11/c1-44-33-23-26(15-20-34(40)45-21-22-46-36(42)43)14-19-32(33)47-35(41)12-8-3-2-7-11-28-29(31(39)24-30(28)38)18-17-27(37)16-13-25-9-5-4-6-10-25/h2,4-7,9-10,14-15,19-20,23,27-31,37-39,42-43H,3,8,11-13,16-18,21-22,24H2,1H3/b7-2-,20-15+/t27-,28+,29+,30-,31+/m0/s1. The molecule has 5 atom stereocenters. The second-order valence-corrected chi connectivity index (χ2v) is 11.5. The molecule has 0 aliphatic heterocycles. The quantitative estimate of drug-likeness (QED) is 0.0339. The lowest BCUT2D eigenvalue weighted by molar-refractivity contribution is -0.493. The largest absolute Gasteiger partial charge is 0.493 e. The summed E-state index contributed by atoms with van der Waals surface area (Å²) in [6.45, 7) is -0.430. The summed E-state index contributed by atoms with van der Waals surface area (Å²) in [6, 6.07) is 14.8. The molecule has 1 fully saturated rings. The van der Waals surface area contributed by atoms with Gasteiger partial charge in [-0.2, -0.15) is 0 Å². The van der Waals surface area contributed by atoms with Gasteiger partial charge in [0.1, 0.15) is 13.2 Å². The van der Waals surface area contributed by atoms with Crippen LogP contribution in [0.15, 0.2) is 66.8 Å². The van der Waals surface area contributed by atoms with Crippen molar-refractivity contribution in [2.45, 2.75) is 76.1 Å². The smallest absolute Gasteiger partial charge is 0.330 e. The summed E-state index contributed by atoms with van der Waals surface area (Å²) in [7, 11) is 1.43. The summed E-state index contributed by atoms with van der Waals surface area (Å²) in [6.07, 6.45) is 10.0. The van der Waals surface area contributed by atoms with Gasteiger partial charge in [-0.1, -0.05) is 48.6 Å². The summed E-state index contributed by atoms with van der Waals surface area (Å²) in [5.41, 5.74) is 1.78. The SMILES string of the molecule is COc1cc(/C=C/C(=O)OCCON(O)O)ccc1OC(=O)CCC/C=C\C[C@@H]1[C@@H](CC[C@@H](O)CCc2ccccc2)[C@H](O)C[C@@H]1O. The Morgan fingerprint density at radius 1 is 0.979 bits per heavy atom. The topological polar surface area (TPSA) is 175 Å². The molecule has 2 aromatic rings. The van der Waals surface area contributed by atoms with Crippen molar-refractivity contribution < 1.29 is 54.4 Å². The van der Waals surface area contributed by atoms with Crippen LogP contribution in [0.2, 0.25) is 0 Å². The van der Waals surface area contributed by atoms with E-state index in [1.54, 1.807) is 18.2 Å². The number of nitrogens with zero attached hydrogens (tertiary/aromatic N) is 1. The third-order valence-corrected chi connectivity index (χ3v) is 8.15. The van der Waals surface area contributed by atoms with Gasteiger partial charge in [0.15, 0.2) is 11.5 Å². The highest BCUT2D eigenvalue weighted by molar-refractivity contribution is 5.87. The molecule has 0 saturated heterocycles. The van der Waals surface area contributed by atoms with Gasteiger partial charge in [-0.25, -0.2) is 9.63 Å². The fourth-order valence-electron chi connectivity index (χ4n) is 5.67. The highest BCUT2D eigenvalue weighted by Gasteiger charge is 2.40. The Morgan fingerprint density at radius 2 is 1.74 bits per heavy atom. The van der Waals surface area contributed by atoms with E-state index in [0.29, 0.717) is 56.3 Å². The molecule has 47 heavy (non-hydrogen) atoms. The van der Waals surface area contributed by atoms with Crippen LogP contribution in [0.25, 0.3) is 6.08 Å². The molecular weight excluding hydrogens is 610 g/mol. The summed E-state index contributed by atoms with van der Waals surface area (Å²) < 4.78 is 15.7. The molecule has 258 valence electrons. The number of hydrogen-bond donors (Lipinski definition) is 5. The van der Waals surface area contributed by atoms with Gasteiger partial charge in [-0.15, -0.1) is 0 Å². The molecule has 0 aromatic heterocycles. The lowest BCUT2D eigenvalue weighted by Crippen LogP contribution is -2.23. The minimum Gasteiger partial charge on any atom is -0.493 e. The second-order valence-electron chi connectivity index (χ2n) is 11.5. The number of allylic oxidation sites excluding steroid dienone is 2. The zero-order chi connectivity index (χ0) is 34.0. The van der Waals surface area contributed by atoms with Crippen molar-refractivity contribution >= 4 is 18.0 Å². The first-order valence-corrected chi connectivity index (χ1v) is 15.9. The van der Waals surface area contributed by atoms with Crippen molar-refractivity contribution in [2.24, 2.45) is 11.8 Å². The Hall–Kier alpha value is -3.62. The first-order chi connectivity index (χ1) is 22.7. The first-order valence-electron chi connectivity index (χ1n) is 15.9. The van der Waals surface area contributed by atoms with E-state index in [0.717, 1.165) is 6.42 Å². The van der Waals surface area contributed by atoms with E-state index in [9.17, 15) is 24.9 Å². The number of methoxy groups -OCH3 is 1. The Bertz CT molecular complexity index is 1280. The van der Waals surface area contributed by atoms with Crippen molar-refractivity contribution in [1.82, 2.24) is 5.39 Å². The Kier molecular flexibility index (Phi) is 16.6. The second kappa shape index (κ2) is 20.6. The van der Waals surface area contributed by atoms with Gasteiger partial charge >= 0.3 is 11.9 Å². The molecule has 3 rings (SSSR count). The molecule has 1 aliphatic rings. The van der Waals surface area contributed by atoms with E-state index in [1.807, 2.05) is 42.5 Å². The lowest BCUT2D eigenvalue weighted by atomic mass is 9.85. The fourth-order valence-corrected chi connectivity index (χ4v) is 5.67. The minimum atomic E-state index is -0.665. The Morgan fingerprint density at radius 3 is 2.49 bits per heavy atom. The molecule has 0 spiro atoms. The van der Waals surface area contributed by atoms with Crippen LogP contribution in [0.5, 0.6) is 11.5 Å². The van der Waals surface area contributed by atoms with Gasteiger partial charge in [0.05, 0.1) is 30.8 Å². The molecule has 1 saturated carbocycles. The number of rotatable bonds is 20. The number of unbranched alkanes of at least 4 members (excludes halogenated alkanes) is 1. The molecule has 12 heteroatoms. The lowest BCUT2D eigenvalue weighted by Gasteiger charge is -2.23. The summed E-state index contributed by atoms with van der Waals surface area (Å²) in [5, 5.41) is 48.0. The van der Waals surface area contributed by atoms with E-state index in [2.05, 4.69) is 4.84 Å². The number of aryl methyl sites for hydroxylation is 1. The molecule has 1 aliphatic carbocycles. The summed E-state index contributed by atoms with van der Waals surface area (Å²) in [4.78, 5) is 28.5. The van der Waals surface area contributed by atoms with Crippen molar-refractivity contribution in [1.29, 1.82) is 0 Å². The summed E-state index contributed by atoms with van der Waals surface area (Å²) >= 11 is 0. The maximum atomic E-state index is 12.5. The van der Waals surface area contributed by atoms with Gasteiger partial charge in [-0.05, 0) is 92.5 Å². The number of esters is 2. The van der Waals surface area contributed by atoms with Crippen LogP contribution in [0.1, 0.15) is 62.5 Å². The molecular formula is C35H47NO11. The van der Waals surface area contributed by atoms with Crippen molar-refractivity contribution in [2.75, 3.05) is 20.3 Å². The molecule has 12 nitrogen and oxygen atoms in total. The van der Waals surface area contributed by atoms with Crippen LogP contribution in [0.4, 0.5) is 0 Å². The van der Waals surface area contributed by atoms with Crippen molar-refractivity contribution in [3.63, 3.8) is 0 Å². The van der Waals surface area contributed by atoms with Crippen LogP contribution < -0.4 is 9.47 Å². The first kappa shape index (κ1) is 37.8. The number of ether oxygens (including phenoxy) is 3. The Balaban J connectivity index is 1.37. The van der Waals surface area contributed by atoms with Crippen LogP contribution >= 0.6 is 0 Å². The fraction of sp³-hybridized carbons (Fsp3) is 0.486. The Labute approximate surface area is 275 Å². The minimum absolute atomic E-state index is 0.0754. The van der Waals surface area contributed by atoms with Gasteiger partial charge in [0.25, 0.3) is 0 Å². The number of aliphatic hydroxyl groups is 3. The molecule has 0 heterocycles. The van der Waals surface area contributed by atoms with Crippen LogP contribution in [0, 0.1) is 11.8 Å². The van der Waals surface area contributed by atoms with E-state index in [4.69, 9.17) is 24.6 Å². The van der Waals surface area contributed by atoms with Crippen molar-refractivity contribution in [3.8, 4) is 11.5 Å². The normalized spacial score (nSPS) is 20.2. The third kappa shape index (κ3) is 14.0. The van der Waals surface area contributed by atoms with Crippen molar-refractivity contribution in [3.05, 3.63) is 77.9 Å². The number of aliphatic hydroxyl groups excluding tert-OH is 3. The average Bonchev–Trinajstić information content (AvgIpc) is 3.33. The van der Waals surface area contributed by atoms with Gasteiger partial charge in [-0.3, -0.25) is 15.2 Å². The highest BCUT2D eigenvalue weighted by Crippen LogP contribution is 2.38. The van der Waals surface area contributed by atoms with Crippen LogP contribution in [0.3, 0.4) is 0 Å². The average molecular weight is 658 g/mol. The van der Waals surface area contributed by atoms with Gasteiger partial charge in [0, 0.05) is 12.5 Å². The van der Waals surface area contributed by atoms with E-state index in [-0.39, 0.29) is 37.2 Å². The highest BCUT2D eigenvalue weighted by atomic mass is 17.1. The molecule has 0 unspecified atom stereocenters. The maximum Gasteiger partial charge on any atom is 0.330 e. The molecule has 0 radical (unpaired) electrons. The molecule has 5 N–H and O–H groups in total. The number of benzene rings is 2. The van der Waals surface area contributed by atoms with Crippen LogP contribution in [-0.2, 0) is 25.6 Å². The zero-order valence-corrected chi connectivity index (χ0v) is 26.7.